The molecule has 0 spiro atoms. The van der Waals surface area contributed by atoms with Crippen LogP contribution in [0.2, 0.25) is 5.02 Å². The summed E-state index contributed by atoms with van der Waals surface area (Å²) in [5.74, 6) is -0.0757. The van der Waals surface area contributed by atoms with Gasteiger partial charge in [0.2, 0.25) is 5.78 Å². The molecule has 0 unspecified atom stereocenters. The molecule has 0 bridgehead atoms. The first-order chi connectivity index (χ1) is 15.9. The number of aromatic nitrogens is 3. The second-order valence-corrected chi connectivity index (χ2v) is 8.31. The third kappa shape index (κ3) is 4.79. The first-order valence-electron chi connectivity index (χ1n) is 10.4. The van der Waals surface area contributed by atoms with Crippen LogP contribution >= 0.6 is 11.6 Å². The van der Waals surface area contributed by atoms with E-state index in [4.69, 9.17) is 16.9 Å². The fourth-order valence-corrected chi connectivity index (χ4v) is 3.98. The lowest BCUT2D eigenvalue weighted by Gasteiger charge is -2.10. The number of benzene rings is 2. The van der Waals surface area contributed by atoms with Crippen molar-refractivity contribution in [3.63, 3.8) is 0 Å². The highest BCUT2D eigenvalue weighted by Gasteiger charge is 2.19. The van der Waals surface area contributed by atoms with Crippen LogP contribution in [0.5, 0.6) is 0 Å². The first kappa shape index (κ1) is 22.3. The van der Waals surface area contributed by atoms with Crippen LogP contribution in [0.15, 0.2) is 71.5 Å². The minimum Gasteiger partial charge on any atom is -0.344 e. The SMILES string of the molecule is Cc1cc(Cc2ccc(=O)n(Cc3cccc(C#N)c3)n2)n(C)c1C(=O)c1ccc(Cl)cc1. The van der Waals surface area contributed by atoms with Crippen molar-refractivity contribution in [2.24, 2.45) is 7.05 Å². The van der Waals surface area contributed by atoms with E-state index in [1.54, 1.807) is 48.5 Å². The molecule has 0 radical (unpaired) electrons. The molecule has 0 atom stereocenters. The second-order valence-electron chi connectivity index (χ2n) is 7.87. The van der Waals surface area contributed by atoms with Crippen LogP contribution in [0.4, 0.5) is 0 Å². The predicted octanol–water partition coefficient (Wildman–Crippen LogP) is 4.29. The minimum atomic E-state index is -0.220. The number of carbonyl (C=O) groups excluding carboxylic acids is 1. The Morgan fingerprint density at radius 2 is 1.85 bits per heavy atom. The summed E-state index contributed by atoms with van der Waals surface area (Å²) in [6, 6.07) is 21.2. The normalized spacial score (nSPS) is 10.7. The molecule has 164 valence electrons. The number of hydrogen-bond donors (Lipinski definition) is 0. The van der Waals surface area contributed by atoms with Crippen molar-refractivity contribution in [1.29, 1.82) is 5.26 Å². The molecule has 4 rings (SSSR count). The summed E-state index contributed by atoms with van der Waals surface area (Å²) in [7, 11) is 1.86. The Morgan fingerprint density at radius 3 is 2.58 bits per heavy atom. The van der Waals surface area contributed by atoms with Gasteiger partial charge in [-0.3, -0.25) is 9.59 Å². The molecular formula is C26H21ClN4O2. The molecule has 0 amide bonds. The van der Waals surface area contributed by atoms with Gasteiger partial charge in [0, 0.05) is 35.8 Å². The fraction of sp³-hybridized carbons (Fsp3) is 0.154. The maximum Gasteiger partial charge on any atom is 0.267 e. The molecule has 0 N–H and O–H groups in total. The molecular weight excluding hydrogens is 436 g/mol. The molecule has 2 aromatic carbocycles. The number of hydrogen-bond acceptors (Lipinski definition) is 4. The zero-order chi connectivity index (χ0) is 23.5. The molecule has 0 aliphatic heterocycles. The molecule has 0 saturated heterocycles. The van der Waals surface area contributed by atoms with Crippen molar-refractivity contribution in [1.82, 2.24) is 14.3 Å². The lowest BCUT2D eigenvalue weighted by Crippen LogP contribution is -2.24. The number of rotatable bonds is 6. The summed E-state index contributed by atoms with van der Waals surface area (Å²) in [6.45, 7) is 2.18. The van der Waals surface area contributed by atoms with E-state index < -0.39 is 0 Å². The molecule has 2 aromatic heterocycles. The van der Waals surface area contributed by atoms with Gasteiger partial charge in [-0.05, 0) is 66.6 Å². The summed E-state index contributed by atoms with van der Waals surface area (Å²) in [5.41, 5.74) is 4.80. The Bertz CT molecular complexity index is 1440. The lowest BCUT2D eigenvalue weighted by molar-refractivity contribution is 0.103. The second kappa shape index (κ2) is 9.27. The molecule has 2 heterocycles. The van der Waals surface area contributed by atoms with Crippen LogP contribution in [-0.2, 0) is 20.0 Å². The average Bonchev–Trinajstić information content (AvgIpc) is 3.08. The maximum atomic E-state index is 13.1. The summed E-state index contributed by atoms with van der Waals surface area (Å²) in [6.07, 6.45) is 0.462. The van der Waals surface area contributed by atoms with Crippen LogP contribution in [0.1, 0.15) is 44.1 Å². The highest BCUT2D eigenvalue weighted by molar-refractivity contribution is 6.30. The van der Waals surface area contributed by atoms with E-state index in [-0.39, 0.29) is 17.9 Å². The van der Waals surface area contributed by atoms with Crippen molar-refractivity contribution in [2.45, 2.75) is 19.9 Å². The molecule has 6 nitrogen and oxygen atoms in total. The highest BCUT2D eigenvalue weighted by atomic mass is 35.5. The van der Waals surface area contributed by atoms with Gasteiger partial charge in [-0.15, -0.1) is 0 Å². The number of nitriles is 1. The molecule has 7 heteroatoms. The molecule has 0 aliphatic carbocycles. The third-order valence-corrected chi connectivity index (χ3v) is 5.77. The number of ketones is 1. The molecule has 33 heavy (non-hydrogen) atoms. The summed E-state index contributed by atoms with van der Waals surface area (Å²) >= 11 is 5.95. The van der Waals surface area contributed by atoms with E-state index in [9.17, 15) is 9.59 Å². The maximum absolute atomic E-state index is 13.1. The van der Waals surface area contributed by atoms with Crippen LogP contribution in [0.3, 0.4) is 0 Å². The average molecular weight is 457 g/mol. The van der Waals surface area contributed by atoms with Crippen LogP contribution in [0, 0.1) is 18.3 Å². The van der Waals surface area contributed by atoms with Crippen molar-refractivity contribution >= 4 is 17.4 Å². The number of nitrogens with zero attached hydrogens (tertiary/aromatic N) is 4. The van der Waals surface area contributed by atoms with Crippen molar-refractivity contribution in [2.75, 3.05) is 0 Å². The van der Waals surface area contributed by atoms with Crippen LogP contribution in [-0.4, -0.2) is 20.1 Å². The zero-order valence-corrected chi connectivity index (χ0v) is 19.0. The summed E-state index contributed by atoms with van der Waals surface area (Å²) < 4.78 is 3.27. The van der Waals surface area contributed by atoms with Gasteiger partial charge in [0.25, 0.3) is 5.56 Å². The Kier molecular flexibility index (Phi) is 6.25. The zero-order valence-electron chi connectivity index (χ0n) is 18.2. The Balaban J connectivity index is 1.61. The predicted molar refractivity (Wildman–Crippen MR) is 127 cm³/mol. The smallest absolute Gasteiger partial charge is 0.267 e. The summed E-state index contributed by atoms with van der Waals surface area (Å²) in [4.78, 5) is 25.4. The van der Waals surface area contributed by atoms with E-state index in [1.807, 2.05) is 30.7 Å². The van der Waals surface area contributed by atoms with Crippen molar-refractivity contribution in [3.05, 3.63) is 121 Å². The van der Waals surface area contributed by atoms with Gasteiger partial charge in [-0.2, -0.15) is 10.4 Å². The monoisotopic (exact) mass is 456 g/mol. The number of halogens is 1. The largest absolute Gasteiger partial charge is 0.344 e. The van der Waals surface area contributed by atoms with Crippen molar-refractivity contribution in [3.8, 4) is 6.07 Å². The standard InChI is InChI=1S/C26H21ClN4O2/c1-17-12-23(30(2)25(17)26(33)20-6-8-21(27)9-7-20)14-22-10-11-24(32)31(29-22)16-19-5-3-4-18(13-19)15-28/h3-13H,14,16H2,1-2H3. The first-order valence-corrected chi connectivity index (χ1v) is 10.7. The van der Waals surface area contributed by atoms with Gasteiger partial charge < -0.3 is 4.57 Å². The minimum absolute atomic E-state index is 0.0757. The van der Waals surface area contributed by atoms with Gasteiger partial charge in [0.1, 0.15) is 0 Å². The molecule has 0 aliphatic rings. The Morgan fingerprint density at radius 1 is 1.09 bits per heavy atom. The Labute approximate surface area is 196 Å². The van der Waals surface area contributed by atoms with Crippen LogP contribution in [0.25, 0.3) is 0 Å². The Hall–Kier alpha value is -3.95. The topological polar surface area (TPSA) is 80.7 Å². The van der Waals surface area contributed by atoms with Crippen molar-refractivity contribution < 1.29 is 4.79 Å². The lowest BCUT2D eigenvalue weighted by atomic mass is 10.1. The molecule has 0 fully saturated rings. The van der Waals surface area contributed by atoms with E-state index in [1.165, 1.54) is 10.7 Å². The number of carbonyl (C=O) groups is 1. The molecule has 0 saturated carbocycles. The summed E-state index contributed by atoms with van der Waals surface area (Å²) in [5, 5.41) is 14.2. The number of aryl methyl sites for hydroxylation is 1. The van der Waals surface area contributed by atoms with E-state index in [2.05, 4.69) is 11.2 Å². The van der Waals surface area contributed by atoms with Gasteiger partial charge in [-0.25, -0.2) is 4.68 Å². The van der Waals surface area contributed by atoms with Crippen LogP contribution < -0.4 is 5.56 Å². The van der Waals surface area contributed by atoms with E-state index in [0.29, 0.717) is 34.0 Å². The van der Waals surface area contributed by atoms with Gasteiger partial charge in [0.05, 0.1) is 29.6 Å². The third-order valence-electron chi connectivity index (χ3n) is 5.52. The highest BCUT2D eigenvalue weighted by Crippen LogP contribution is 2.21. The van der Waals surface area contributed by atoms with E-state index in [0.717, 1.165) is 16.8 Å². The van der Waals surface area contributed by atoms with Gasteiger partial charge in [0.15, 0.2) is 0 Å². The quantitative estimate of drug-likeness (QED) is 0.405. The van der Waals surface area contributed by atoms with Gasteiger partial charge in [-0.1, -0.05) is 23.7 Å². The van der Waals surface area contributed by atoms with Gasteiger partial charge >= 0.3 is 0 Å². The molecule has 4 aromatic rings. The van der Waals surface area contributed by atoms with E-state index >= 15 is 0 Å². The fourth-order valence-electron chi connectivity index (χ4n) is 3.86.